The van der Waals surface area contributed by atoms with E-state index in [1.54, 1.807) is 0 Å². The highest BCUT2D eigenvalue weighted by atomic mass is 15.2. The minimum Gasteiger partial charge on any atom is -0.356 e. The number of anilines is 1. The molecule has 0 spiro atoms. The van der Waals surface area contributed by atoms with E-state index in [0.29, 0.717) is 0 Å². The SMILES string of the molecule is Cc1ccc(-c2cn3ccc(N4CCCC4)nc3n2)cc1. The van der Waals surface area contributed by atoms with Crippen molar-refractivity contribution in [2.75, 3.05) is 18.0 Å². The van der Waals surface area contributed by atoms with Crippen LogP contribution < -0.4 is 4.90 Å². The zero-order valence-corrected chi connectivity index (χ0v) is 12.2. The van der Waals surface area contributed by atoms with Gasteiger partial charge in [-0.3, -0.25) is 4.40 Å². The first-order chi connectivity index (χ1) is 10.3. The normalized spacial score (nSPS) is 15.0. The number of aryl methyl sites for hydroxylation is 1. The highest BCUT2D eigenvalue weighted by Gasteiger charge is 2.14. The molecule has 4 rings (SSSR count). The molecule has 0 atom stereocenters. The van der Waals surface area contributed by atoms with Crippen LogP contribution in [-0.2, 0) is 0 Å². The summed E-state index contributed by atoms with van der Waals surface area (Å²) in [5.41, 5.74) is 3.37. The van der Waals surface area contributed by atoms with Gasteiger partial charge < -0.3 is 4.90 Å². The molecule has 0 radical (unpaired) electrons. The van der Waals surface area contributed by atoms with E-state index in [1.807, 2.05) is 10.6 Å². The Labute approximate surface area is 124 Å². The van der Waals surface area contributed by atoms with Crippen molar-refractivity contribution in [1.82, 2.24) is 14.4 Å². The third-order valence-electron chi connectivity index (χ3n) is 4.09. The monoisotopic (exact) mass is 278 g/mol. The molecule has 1 aliphatic heterocycles. The maximum Gasteiger partial charge on any atom is 0.236 e. The first-order valence-corrected chi connectivity index (χ1v) is 7.47. The summed E-state index contributed by atoms with van der Waals surface area (Å²) in [6, 6.07) is 10.5. The van der Waals surface area contributed by atoms with Crippen molar-refractivity contribution in [1.29, 1.82) is 0 Å². The van der Waals surface area contributed by atoms with Crippen molar-refractivity contribution >= 4 is 11.6 Å². The number of aromatic nitrogens is 3. The number of fused-ring (bicyclic) bond motifs is 1. The van der Waals surface area contributed by atoms with Crippen LogP contribution in [-0.4, -0.2) is 27.5 Å². The van der Waals surface area contributed by atoms with Gasteiger partial charge in [0.05, 0.1) is 5.69 Å². The van der Waals surface area contributed by atoms with E-state index >= 15 is 0 Å². The van der Waals surface area contributed by atoms with Gasteiger partial charge in [0.2, 0.25) is 5.78 Å². The minimum absolute atomic E-state index is 0.773. The Morgan fingerprint density at radius 3 is 2.48 bits per heavy atom. The molecule has 21 heavy (non-hydrogen) atoms. The van der Waals surface area contributed by atoms with Crippen LogP contribution in [0.5, 0.6) is 0 Å². The van der Waals surface area contributed by atoms with E-state index in [0.717, 1.165) is 35.9 Å². The Hall–Kier alpha value is -2.36. The van der Waals surface area contributed by atoms with Crippen LogP contribution in [0.15, 0.2) is 42.7 Å². The number of rotatable bonds is 2. The van der Waals surface area contributed by atoms with Gasteiger partial charge in [-0.25, -0.2) is 4.98 Å². The van der Waals surface area contributed by atoms with Crippen LogP contribution in [0.4, 0.5) is 5.82 Å². The Morgan fingerprint density at radius 2 is 1.71 bits per heavy atom. The van der Waals surface area contributed by atoms with Crippen molar-refractivity contribution in [3.05, 3.63) is 48.3 Å². The molecule has 1 aliphatic rings. The summed E-state index contributed by atoms with van der Waals surface area (Å²) < 4.78 is 1.99. The van der Waals surface area contributed by atoms with Crippen molar-refractivity contribution in [2.24, 2.45) is 0 Å². The van der Waals surface area contributed by atoms with Gasteiger partial charge in [0.15, 0.2) is 0 Å². The lowest BCUT2D eigenvalue weighted by molar-refractivity contribution is 0.928. The van der Waals surface area contributed by atoms with Gasteiger partial charge >= 0.3 is 0 Å². The maximum absolute atomic E-state index is 4.70. The molecule has 4 nitrogen and oxygen atoms in total. The predicted molar refractivity (Wildman–Crippen MR) is 84.6 cm³/mol. The van der Waals surface area contributed by atoms with E-state index < -0.39 is 0 Å². The van der Waals surface area contributed by atoms with E-state index in [1.165, 1.54) is 18.4 Å². The standard InChI is InChI=1S/C17H18N4/c1-13-4-6-14(7-5-13)15-12-21-11-8-16(19-17(21)18-15)20-9-2-3-10-20/h4-8,11-12H,2-3,9-10H2,1H3. The Kier molecular flexibility index (Phi) is 2.88. The summed E-state index contributed by atoms with van der Waals surface area (Å²) in [6.45, 7) is 4.31. The molecular weight excluding hydrogens is 260 g/mol. The molecular formula is C17H18N4. The second-order valence-corrected chi connectivity index (χ2v) is 5.68. The van der Waals surface area contributed by atoms with Gasteiger partial charge in [-0.1, -0.05) is 29.8 Å². The Balaban J connectivity index is 1.73. The Morgan fingerprint density at radius 1 is 0.952 bits per heavy atom. The smallest absolute Gasteiger partial charge is 0.236 e. The number of hydrogen-bond donors (Lipinski definition) is 0. The molecule has 1 saturated heterocycles. The van der Waals surface area contributed by atoms with Crippen LogP contribution >= 0.6 is 0 Å². The van der Waals surface area contributed by atoms with Crippen LogP contribution in [0.1, 0.15) is 18.4 Å². The fourth-order valence-corrected chi connectivity index (χ4v) is 2.85. The highest BCUT2D eigenvalue weighted by molar-refractivity contribution is 5.62. The minimum atomic E-state index is 0.773. The zero-order chi connectivity index (χ0) is 14.2. The molecule has 1 fully saturated rings. The van der Waals surface area contributed by atoms with E-state index in [9.17, 15) is 0 Å². The van der Waals surface area contributed by atoms with Gasteiger partial charge in [0.1, 0.15) is 5.82 Å². The summed E-state index contributed by atoms with van der Waals surface area (Å²) in [5, 5.41) is 0. The van der Waals surface area contributed by atoms with Gasteiger partial charge in [-0.2, -0.15) is 4.98 Å². The van der Waals surface area contributed by atoms with Crippen molar-refractivity contribution in [2.45, 2.75) is 19.8 Å². The molecule has 0 unspecified atom stereocenters. The second-order valence-electron chi connectivity index (χ2n) is 5.68. The first kappa shape index (κ1) is 12.4. The number of imidazole rings is 1. The van der Waals surface area contributed by atoms with Crippen LogP contribution in [0.3, 0.4) is 0 Å². The van der Waals surface area contributed by atoms with Gasteiger partial charge in [0, 0.05) is 31.0 Å². The van der Waals surface area contributed by atoms with Crippen LogP contribution in [0, 0.1) is 6.92 Å². The van der Waals surface area contributed by atoms with Gasteiger partial charge in [-0.15, -0.1) is 0 Å². The lowest BCUT2D eigenvalue weighted by atomic mass is 10.1. The fraction of sp³-hybridized carbons (Fsp3) is 0.294. The molecule has 0 saturated carbocycles. The van der Waals surface area contributed by atoms with Gasteiger partial charge in [-0.05, 0) is 25.8 Å². The molecule has 0 amide bonds. The van der Waals surface area contributed by atoms with Gasteiger partial charge in [0.25, 0.3) is 0 Å². The van der Waals surface area contributed by atoms with E-state index in [2.05, 4.69) is 53.3 Å². The van der Waals surface area contributed by atoms with Crippen LogP contribution in [0.25, 0.3) is 17.0 Å². The summed E-state index contributed by atoms with van der Waals surface area (Å²) in [5.74, 6) is 1.82. The van der Waals surface area contributed by atoms with E-state index in [4.69, 9.17) is 4.98 Å². The second kappa shape index (κ2) is 4.88. The molecule has 0 aliphatic carbocycles. The molecule has 1 aromatic carbocycles. The average Bonchev–Trinajstić information content (AvgIpc) is 3.16. The van der Waals surface area contributed by atoms with Crippen molar-refractivity contribution in [3.63, 3.8) is 0 Å². The summed E-state index contributed by atoms with van der Waals surface area (Å²) >= 11 is 0. The largest absolute Gasteiger partial charge is 0.356 e. The summed E-state index contributed by atoms with van der Waals surface area (Å²) in [7, 11) is 0. The first-order valence-electron chi connectivity index (χ1n) is 7.47. The molecule has 4 heteroatoms. The zero-order valence-electron chi connectivity index (χ0n) is 12.2. The quantitative estimate of drug-likeness (QED) is 0.721. The number of nitrogens with zero attached hydrogens (tertiary/aromatic N) is 4. The fourth-order valence-electron chi connectivity index (χ4n) is 2.85. The van der Waals surface area contributed by atoms with E-state index in [-0.39, 0.29) is 0 Å². The lowest BCUT2D eigenvalue weighted by Crippen LogP contribution is -2.19. The number of benzene rings is 1. The van der Waals surface area contributed by atoms with Crippen molar-refractivity contribution in [3.8, 4) is 11.3 Å². The summed E-state index contributed by atoms with van der Waals surface area (Å²) in [4.78, 5) is 11.7. The lowest BCUT2D eigenvalue weighted by Gasteiger charge is -2.15. The topological polar surface area (TPSA) is 33.4 Å². The maximum atomic E-state index is 4.70. The molecule has 106 valence electrons. The predicted octanol–water partition coefficient (Wildman–Crippen LogP) is 3.30. The molecule has 0 bridgehead atoms. The summed E-state index contributed by atoms with van der Waals surface area (Å²) in [6.07, 6.45) is 6.62. The molecule has 2 aromatic heterocycles. The highest BCUT2D eigenvalue weighted by Crippen LogP contribution is 2.22. The Bertz CT molecular complexity index is 767. The molecule has 0 N–H and O–H groups in total. The third-order valence-corrected chi connectivity index (χ3v) is 4.09. The van der Waals surface area contributed by atoms with Crippen molar-refractivity contribution < 1.29 is 0 Å². The molecule has 3 aromatic rings. The molecule has 3 heterocycles. The number of hydrogen-bond acceptors (Lipinski definition) is 3. The average molecular weight is 278 g/mol. The third kappa shape index (κ3) is 2.27. The van der Waals surface area contributed by atoms with Crippen LogP contribution in [0.2, 0.25) is 0 Å².